The first kappa shape index (κ1) is 13.9. The fourth-order valence-corrected chi connectivity index (χ4v) is 3.97. The van der Waals surface area contributed by atoms with Crippen LogP contribution in [0.15, 0.2) is 0 Å². The molecule has 0 amide bonds. The predicted molar refractivity (Wildman–Crippen MR) is 72.5 cm³/mol. The van der Waals surface area contributed by atoms with Gasteiger partial charge >= 0.3 is 5.97 Å². The smallest absolute Gasteiger partial charge is 0.310 e. The number of carboxylic acid groups (broad SMARTS) is 1. The van der Waals surface area contributed by atoms with Crippen molar-refractivity contribution in [3.05, 3.63) is 0 Å². The SMILES string of the molecule is CCCC(C)(CN1CC2CCCC(C2)C1)C(=O)O. The number of nitrogens with zero attached hydrogens (tertiary/aromatic N) is 1. The summed E-state index contributed by atoms with van der Waals surface area (Å²) < 4.78 is 0. The molecule has 3 atom stereocenters. The Morgan fingerprint density at radius 3 is 2.44 bits per heavy atom. The Kier molecular flexibility index (Phi) is 4.31. The van der Waals surface area contributed by atoms with Crippen molar-refractivity contribution < 1.29 is 9.90 Å². The summed E-state index contributed by atoms with van der Waals surface area (Å²) in [6, 6.07) is 0. The lowest BCUT2D eigenvalue weighted by Gasteiger charge is -2.43. The lowest BCUT2D eigenvalue weighted by Crippen LogP contribution is -2.48. The quantitative estimate of drug-likeness (QED) is 0.819. The number of hydrogen-bond acceptors (Lipinski definition) is 2. The van der Waals surface area contributed by atoms with Crippen molar-refractivity contribution in [2.24, 2.45) is 17.3 Å². The van der Waals surface area contributed by atoms with Crippen molar-refractivity contribution in [3.63, 3.8) is 0 Å². The summed E-state index contributed by atoms with van der Waals surface area (Å²) in [4.78, 5) is 13.9. The van der Waals surface area contributed by atoms with Crippen LogP contribution >= 0.6 is 0 Å². The zero-order chi connectivity index (χ0) is 13.2. The van der Waals surface area contributed by atoms with E-state index in [0.717, 1.165) is 44.3 Å². The second-order valence-corrected chi connectivity index (χ2v) is 6.71. The normalized spacial score (nSPS) is 31.9. The number of carboxylic acids is 1. The highest BCUT2D eigenvalue weighted by molar-refractivity contribution is 5.74. The van der Waals surface area contributed by atoms with Crippen molar-refractivity contribution in [1.82, 2.24) is 4.90 Å². The molecule has 1 saturated heterocycles. The van der Waals surface area contributed by atoms with E-state index in [1.807, 2.05) is 6.92 Å². The van der Waals surface area contributed by atoms with Gasteiger partial charge in [-0.05, 0) is 44.4 Å². The van der Waals surface area contributed by atoms with Gasteiger partial charge in [-0.1, -0.05) is 19.8 Å². The van der Waals surface area contributed by atoms with Crippen LogP contribution in [0.1, 0.15) is 52.4 Å². The van der Waals surface area contributed by atoms with Crippen LogP contribution in [-0.4, -0.2) is 35.6 Å². The van der Waals surface area contributed by atoms with Gasteiger partial charge in [0.05, 0.1) is 5.41 Å². The summed E-state index contributed by atoms with van der Waals surface area (Å²) in [6.45, 7) is 6.99. The molecule has 1 heterocycles. The lowest BCUT2D eigenvalue weighted by molar-refractivity contribution is -0.150. The maximum atomic E-state index is 11.5. The molecule has 3 unspecified atom stereocenters. The second-order valence-electron chi connectivity index (χ2n) is 6.71. The zero-order valence-corrected chi connectivity index (χ0v) is 11.8. The van der Waals surface area contributed by atoms with Gasteiger partial charge in [0.1, 0.15) is 0 Å². The summed E-state index contributed by atoms with van der Waals surface area (Å²) >= 11 is 0. The minimum atomic E-state index is -0.625. The molecule has 104 valence electrons. The molecule has 0 aromatic heterocycles. The largest absolute Gasteiger partial charge is 0.481 e. The van der Waals surface area contributed by atoms with Gasteiger partial charge in [0.25, 0.3) is 0 Å². The van der Waals surface area contributed by atoms with Crippen LogP contribution in [0.3, 0.4) is 0 Å². The Morgan fingerprint density at radius 1 is 1.33 bits per heavy atom. The average Bonchev–Trinajstić information content (AvgIpc) is 2.28. The molecule has 1 aliphatic carbocycles. The highest BCUT2D eigenvalue weighted by Crippen LogP contribution is 2.36. The first-order chi connectivity index (χ1) is 8.53. The van der Waals surface area contributed by atoms with Crippen LogP contribution < -0.4 is 0 Å². The van der Waals surface area contributed by atoms with E-state index in [1.54, 1.807) is 0 Å². The molecule has 2 bridgehead atoms. The molecule has 1 N–H and O–H groups in total. The van der Waals surface area contributed by atoms with Gasteiger partial charge < -0.3 is 10.0 Å². The number of piperidine rings is 1. The van der Waals surface area contributed by atoms with Crippen molar-refractivity contribution in [1.29, 1.82) is 0 Å². The van der Waals surface area contributed by atoms with Gasteiger partial charge in [0, 0.05) is 19.6 Å². The van der Waals surface area contributed by atoms with E-state index < -0.39 is 11.4 Å². The fourth-order valence-electron chi connectivity index (χ4n) is 3.97. The van der Waals surface area contributed by atoms with E-state index in [1.165, 1.54) is 25.7 Å². The molecular formula is C15H27NO2. The molecular weight excluding hydrogens is 226 g/mol. The molecule has 2 aliphatic rings. The van der Waals surface area contributed by atoms with Crippen LogP contribution in [0.4, 0.5) is 0 Å². The lowest BCUT2D eigenvalue weighted by atomic mass is 9.76. The van der Waals surface area contributed by atoms with Crippen molar-refractivity contribution in [3.8, 4) is 0 Å². The Labute approximate surface area is 111 Å². The topological polar surface area (TPSA) is 40.5 Å². The number of carbonyl (C=O) groups is 1. The monoisotopic (exact) mass is 253 g/mol. The Morgan fingerprint density at radius 2 is 1.94 bits per heavy atom. The molecule has 0 aromatic rings. The number of rotatable bonds is 5. The maximum Gasteiger partial charge on any atom is 0.310 e. The number of aliphatic carboxylic acids is 1. The predicted octanol–water partition coefficient (Wildman–Crippen LogP) is 3.00. The van der Waals surface area contributed by atoms with Crippen molar-refractivity contribution >= 4 is 5.97 Å². The molecule has 1 saturated carbocycles. The van der Waals surface area contributed by atoms with Crippen LogP contribution in [0, 0.1) is 17.3 Å². The zero-order valence-electron chi connectivity index (χ0n) is 11.8. The average molecular weight is 253 g/mol. The highest BCUT2D eigenvalue weighted by atomic mass is 16.4. The number of likely N-dealkylation sites (tertiary alicyclic amines) is 1. The molecule has 0 radical (unpaired) electrons. The molecule has 3 nitrogen and oxygen atoms in total. The summed E-state index contributed by atoms with van der Waals surface area (Å²) in [5.74, 6) is 1.04. The van der Waals surface area contributed by atoms with Gasteiger partial charge in [-0.25, -0.2) is 0 Å². The summed E-state index contributed by atoms with van der Waals surface area (Å²) in [7, 11) is 0. The summed E-state index contributed by atoms with van der Waals surface area (Å²) in [6.07, 6.45) is 7.20. The second kappa shape index (κ2) is 5.60. The van der Waals surface area contributed by atoms with Gasteiger partial charge in [0.15, 0.2) is 0 Å². The van der Waals surface area contributed by atoms with Gasteiger partial charge in [-0.2, -0.15) is 0 Å². The van der Waals surface area contributed by atoms with Gasteiger partial charge in [0.2, 0.25) is 0 Å². The van der Waals surface area contributed by atoms with E-state index in [-0.39, 0.29) is 0 Å². The third-order valence-corrected chi connectivity index (χ3v) is 4.81. The van der Waals surface area contributed by atoms with Crippen LogP contribution in [0.2, 0.25) is 0 Å². The molecule has 18 heavy (non-hydrogen) atoms. The van der Waals surface area contributed by atoms with Gasteiger partial charge in [-0.15, -0.1) is 0 Å². The molecule has 0 spiro atoms. The van der Waals surface area contributed by atoms with Crippen LogP contribution in [-0.2, 0) is 4.79 Å². The Balaban J connectivity index is 1.97. The van der Waals surface area contributed by atoms with Crippen LogP contribution in [0.5, 0.6) is 0 Å². The van der Waals surface area contributed by atoms with E-state index in [0.29, 0.717) is 0 Å². The summed E-state index contributed by atoms with van der Waals surface area (Å²) in [5.41, 5.74) is -0.555. The Bertz CT molecular complexity index is 293. The minimum absolute atomic E-state index is 0.555. The van der Waals surface area contributed by atoms with Gasteiger partial charge in [-0.3, -0.25) is 4.79 Å². The number of hydrogen-bond donors (Lipinski definition) is 1. The third-order valence-electron chi connectivity index (χ3n) is 4.81. The van der Waals surface area contributed by atoms with E-state index in [4.69, 9.17) is 0 Å². The molecule has 1 aliphatic heterocycles. The molecule has 2 rings (SSSR count). The third kappa shape index (κ3) is 3.05. The van der Waals surface area contributed by atoms with Crippen molar-refractivity contribution in [2.75, 3.05) is 19.6 Å². The highest BCUT2D eigenvalue weighted by Gasteiger charge is 2.38. The van der Waals surface area contributed by atoms with Crippen molar-refractivity contribution in [2.45, 2.75) is 52.4 Å². The minimum Gasteiger partial charge on any atom is -0.481 e. The number of fused-ring (bicyclic) bond motifs is 2. The Hall–Kier alpha value is -0.570. The first-order valence-electron chi connectivity index (χ1n) is 7.49. The van der Waals surface area contributed by atoms with Crippen LogP contribution in [0.25, 0.3) is 0 Å². The molecule has 3 heteroatoms. The van der Waals surface area contributed by atoms with E-state index in [2.05, 4.69) is 11.8 Å². The fraction of sp³-hybridized carbons (Fsp3) is 0.933. The first-order valence-corrected chi connectivity index (χ1v) is 7.49. The van der Waals surface area contributed by atoms with E-state index in [9.17, 15) is 9.90 Å². The molecule has 2 fully saturated rings. The standard InChI is InChI=1S/C15H27NO2/c1-3-7-15(2,14(17)18)11-16-9-12-5-4-6-13(8-12)10-16/h12-13H,3-11H2,1-2H3,(H,17,18). The molecule has 0 aromatic carbocycles. The maximum absolute atomic E-state index is 11.5. The van der Waals surface area contributed by atoms with E-state index >= 15 is 0 Å². The summed E-state index contributed by atoms with van der Waals surface area (Å²) in [5, 5.41) is 9.47.